The highest BCUT2D eigenvalue weighted by Gasteiger charge is 2.42. The first-order valence-electron chi connectivity index (χ1n) is 9.09. The van der Waals surface area contributed by atoms with Crippen LogP contribution in [-0.2, 0) is 23.4 Å². The molecule has 0 aliphatic carbocycles. The van der Waals surface area contributed by atoms with Crippen LogP contribution >= 0.6 is 0 Å². The molecular weight excluding hydrogens is 346 g/mol. The topological polar surface area (TPSA) is 89.3 Å². The van der Waals surface area contributed by atoms with Crippen LogP contribution in [0.5, 0.6) is 0 Å². The van der Waals surface area contributed by atoms with Gasteiger partial charge in [0.2, 0.25) is 5.91 Å². The number of nitrogens with one attached hydrogen (secondary N) is 1. The molecule has 1 saturated heterocycles. The van der Waals surface area contributed by atoms with E-state index in [9.17, 15) is 4.79 Å². The Bertz CT molecular complexity index is 861. The second-order valence-electron chi connectivity index (χ2n) is 6.97. The van der Waals surface area contributed by atoms with Crippen LogP contribution < -0.4 is 5.32 Å². The van der Waals surface area contributed by atoms with E-state index >= 15 is 0 Å². The molecule has 0 bridgehead atoms. The fourth-order valence-electron chi connectivity index (χ4n) is 3.66. The van der Waals surface area contributed by atoms with E-state index in [0.717, 1.165) is 36.8 Å². The van der Waals surface area contributed by atoms with Gasteiger partial charge >= 0.3 is 0 Å². The van der Waals surface area contributed by atoms with Crippen molar-refractivity contribution >= 4 is 5.91 Å². The largest absolute Gasteiger partial charge is 0.467 e. The summed E-state index contributed by atoms with van der Waals surface area (Å²) in [6.07, 6.45) is 8.31. The molecule has 27 heavy (non-hydrogen) atoms. The van der Waals surface area contributed by atoms with Crippen molar-refractivity contribution in [2.75, 3.05) is 13.1 Å². The number of nitrogens with zero attached hydrogens (tertiary/aromatic N) is 4. The van der Waals surface area contributed by atoms with Gasteiger partial charge in [-0.15, -0.1) is 0 Å². The minimum Gasteiger partial charge on any atom is -0.467 e. The number of furan rings is 1. The Morgan fingerprint density at radius 2 is 2.22 bits per heavy atom. The fraction of sp³-hybridized carbons (Fsp3) is 0.421. The molecule has 1 aliphatic heterocycles. The van der Waals surface area contributed by atoms with Crippen LogP contribution in [0, 0.1) is 6.92 Å². The molecule has 142 valence electrons. The molecule has 0 unspecified atom stereocenters. The molecule has 3 aromatic rings. The molecule has 1 amide bonds. The third kappa shape index (κ3) is 3.66. The standard InChI is InChI=1S/C19H23N5O3/c1-15-11-16(22-27-15)13-23-7-4-19(5-8-23,24-9-6-20-14-24)18(25)21-12-17-3-2-10-26-17/h2-3,6,9-11,14H,4-5,7-8,12-13H2,1H3,(H,21,25). The Morgan fingerprint density at radius 3 is 2.85 bits per heavy atom. The van der Waals surface area contributed by atoms with Crippen molar-refractivity contribution in [1.82, 2.24) is 24.9 Å². The van der Waals surface area contributed by atoms with Crippen LogP contribution in [0.15, 0.2) is 52.1 Å². The zero-order valence-corrected chi connectivity index (χ0v) is 15.3. The van der Waals surface area contributed by atoms with Crippen molar-refractivity contribution in [1.29, 1.82) is 0 Å². The maximum atomic E-state index is 13.1. The van der Waals surface area contributed by atoms with Gasteiger partial charge < -0.3 is 18.8 Å². The first-order chi connectivity index (χ1) is 13.2. The summed E-state index contributed by atoms with van der Waals surface area (Å²) in [6.45, 7) is 4.58. The van der Waals surface area contributed by atoms with E-state index in [1.54, 1.807) is 18.8 Å². The van der Waals surface area contributed by atoms with Crippen LogP contribution in [0.25, 0.3) is 0 Å². The highest BCUT2D eigenvalue weighted by atomic mass is 16.5. The lowest BCUT2D eigenvalue weighted by Gasteiger charge is -2.41. The van der Waals surface area contributed by atoms with Crippen molar-refractivity contribution in [3.05, 3.63) is 60.4 Å². The number of aromatic nitrogens is 3. The van der Waals surface area contributed by atoms with Crippen LogP contribution in [0.2, 0.25) is 0 Å². The summed E-state index contributed by atoms with van der Waals surface area (Å²) in [6, 6.07) is 5.62. The molecule has 3 aromatic heterocycles. The summed E-state index contributed by atoms with van der Waals surface area (Å²) in [5, 5.41) is 7.09. The van der Waals surface area contributed by atoms with E-state index in [1.807, 2.05) is 35.9 Å². The number of imidazole rings is 1. The zero-order valence-electron chi connectivity index (χ0n) is 15.3. The van der Waals surface area contributed by atoms with E-state index in [2.05, 4.69) is 20.4 Å². The Hall–Kier alpha value is -2.87. The molecule has 4 rings (SSSR count). The SMILES string of the molecule is Cc1cc(CN2CCC(C(=O)NCc3ccco3)(n3ccnc3)CC2)no1. The Kier molecular flexibility index (Phi) is 4.81. The highest BCUT2D eigenvalue weighted by Crippen LogP contribution is 2.31. The number of piperidine rings is 1. The van der Waals surface area contributed by atoms with Crippen LogP contribution in [0.1, 0.15) is 30.1 Å². The third-order valence-corrected chi connectivity index (χ3v) is 5.17. The molecule has 0 aromatic carbocycles. The summed E-state index contributed by atoms with van der Waals surface area (Å²) < 4.78 is 12.4. The summed E-state index contributed by atoms with van der Waals surface area (Å²) in [4.78, 5) is 19.6. The predicted octanol–water partition coefficient (Wildman–Crippen LogP) is 2.08. The molecule has 0 atom stereocenters. The van der Waals surface area contributed by atoms with Crippen molar-refractivity contribution in [2.24, 2.45) is 0 Å². The number of amides is 1. The number of aryl methyl sites for hydroxylation is 1. The van der Waals surface area contributed by atoms with Crippen molar-refractivity contribution in [3.63, 3.8) is 0 Å². The molecule has 8 nitrogen and oxygen atoms in total. The van der Waals surface area contributed by atoms with Gasteiger partial charge in [-0.1, -0.05) is 5.16 Å². The van der Waals surface area contributed by atoms with Gasteiger partial charge in [-0.3, -0.25) is 9.69 Å². The molecule has 1 N–H and O–H groups in total. The number of rotatable bonds is 6. The second-order valence-corrected chi connectivity index (χ2v) is 6.97. The predicted molar refractivity (Wildman–Crippen MR) is 96.5 cm³/mol. The Balaban J connectivity index is 1.45. The molecule has 4 heterocycles. The molecular formula is C19H23N5O3. The average molecular weight is 369 g/mol. The van der Waals surface area contributed by atoms with Gasteiger partial charge in [-0.05, 0) is 31.9 Å². The molecule has 1 fully saturated rings. The summed E-state index contributed by atoms with van der Waals surface area (Å²) >= 11 is 0. The van der Waals surface area contributed by atoms with Crippen LogP contribution in [-0.4, -0.2) is 38.6 Å². The van der Waals surface area contributed by atoms with Crippen LogP contribution in [0.3, 0.4) is 0 Å². The second kappa shape index (κ2) is 7.40. The zero-order chi connectivity index (χ0) is 18.7. The van der Waals surface area contributed by atoms with Gasteiger partial charge in [0.1, 0.15) is 17.1 Å². The number of carbonyl (C=O) groups is 1. The summed E-state index contributed by atoms with van der Waals surface area (Å²) in [7, 11) is 0. The van der Waals surface area contributed by atoms with Gasteiger partial charge in [-0.25, -0.2) is 4.98 Å². The Morgan fingerprint density at radius 1 is 1.37 bits per heavy atom. The maximum Gasteiger partial charge on any atom is 0.246 e. The smallest absolute Gasteiger partial charge is 0.246 e. The van der Waals surface area contributed by atoms with Gasteiger partial charge in [0.25, 0.3) is 0 Å². The minimum absolute atomic E-state index is 0.00571. The lowest BCUT2D eigenvalue weighted by Crippen LogP contribution is -2.54. The average Bonchev–Trinajstić information content (AvgIpc) is 3.44. The lowest BCUT2D eigenvalue weighted by molar-refractivity contribution is -0.133. The molecule has 1 aliphatic rings. The van der Waals surface area contributed by atoms with Crippen LogP contribution in [0.4, 0.5) is 0 Å². The van der Waals surface area contributed by atoms with E-state index in [1.165, 1.54) is 0 Å². The summed E-state index contributed by atoms with van der Waals surface area (Å²) in [5.74, 6) is 1.55. The van der Waals surface area contributed by atoms with Crippen molar-refractivity contribution in [3.8, 4) is 0 Å². The fourth-order valence-corrected chi connectivity index (χ4v) is 3.66. The van der Waals surface area contributed by atoms with Gasteiger partial charge in [-0.2, -0.15) is 0 Å². The summed E-state index contributed by atoms with van der Waals surface area (Å²) in [5.41, 5.74) is 0.282. The minimum atomic E-state index is -0.640. The first-order valence-corrected chi connectivity index (χ1v) is 9.09. The highest BCUT2D eigenvalue weighted by molar-refractivity contribution is 5.84. The number of carbonyl (C=O) groups excluding carboxylic acids is 1. The number of hydrogen-bond donors (Lipinski definition) is 1. The number of hydrogen-bond acceptors (Lipinski definition) is 6. The van der Waals surface area contributed by atoms with E-state index in [4.69, 9.17) is 8.94 Å². The van der Waals surface area contributed by atoms with Crippen molar-refractivity contribution < 1.29 is 13.7 Å². The molecule has 0 spiro atoms. The first kappa shape index (κ1) is 17.5. The monoisotopic (exact) mass is 369 g/mol. The Labute approximate surface area is 157 Å². The van der Waals surface area contributed by atoms with E-state index < -0.39 is 5.54 Å². The molecule has 0 saturated carbocycles. The van der Waals surface area contributed by atoms with E-state index in [0.29, 0.717) is 19.4 Å². The molecule has 0 radical (unpaired) electrons. The quantitative estimate of drug-likeness (QED) is 0.716. The van der Waals surface area contributed by atoms with Gasteiger partial charge in [0.15, 0.2) is 0 Å². The van der Waals surface area contributed by atoms with E-state index in [-0.39, 0.29) is 5.91 Å². The van der Waals surface area contributed by atoms with Gasteiger partial charge in [0.05, 0.1) is 24.8 Å². The lowest BCUT2D eigenvalue weighted by atomic mass is 9.86. The molecule has 8 heteroatoms. The number of likely N-dealkylation sites (tertiary alicyclic amines) is 1. The third-order valence-electron chi connectivity index (χ3n) is 5.17. The normalized spacial score (nSPS) is 17.1. The van der Waals surface area contributed by atoms with Gasteiger partial charge in [0, 0.05) is 38.1 Å². The van der Waals surface area contributed by atoms with Crippen molar-refractivity contribution in [2.45, 2.75) is 38.4 Å². The maximum absolute atomic E-state index is 13.1.